The molecular formula is C15H15ClN4O7. The molecular weight excluding hydrogens is 384 g/mol. The molecule has 0 radical (unpaired) electrons. The number of nitro benzene ring substituents is 1. The van der Waals surface area contributed by atoms with Gasteiger partial charge < -0.3 is 15.4 Å². The summed E-state index contributed by atoms with van der Waals surface area (Å²) in [6.07, 6.45) is 0. The molecule has 0 aliphatic carbocycles. The summed E-state index contributed by atoms with van der Waals surface area (Å²) in [6, 6.07) is 2.71. The number of anilines is 1. The van der Waals surface area contributed by atoms with Gasteiger partial charge >= 0.3 is 12.0 Å². The molecule has 2 N–H and O–H groups in total. The van der Waals surface area contributed by atoms with E-state index in [-0.39, 0.29) is 16.4 Å². The first kappa shape index (κ1) is 20.1. The van der Waals surface area contributed by atoms with Gasteiger partial charge in [-0.2, -0.15) is 0 Å². The van der Waals surface area contributed by atoms with E-state index in [9.17, 15) is 29.3 Å². The van der Waals surface area contributed by atoms with E-state index in [1.54, 1.807) is 0 Å². The Hall–Kier alpha value is -3.21. The predicted octanol–water partition coefficient (Wildman–Crippen LogP) is 1.06. The molecule has 1 aliphatic rings. The molecule has 4 amide bonds. The van der Waals surface area contributed by atoms with Gasteiger partial charge in [0, 0.05) is 12.1 Å². The van der Waals surface area contributed by atoms with Gasteiger partial charge in [-0.3, -0.25) is 29.4 Å². The average molecular weight is 399 g/mol. The molecule has 0 saturated carbocycles. The van der Waals surface area contributed by atoms with Crippen molar-refractivity contribution < 1.29 is 28.8 Å². The van der Waals surface area contributed by atoms with Crippen LogP contribution in [0.5, 0.6) is 0 Å². The van der Waals surface area contributed by atoms with Crippen LogP contribution in [0.3, 0.4) is 0 Å². The lowest BCUT2D eigenvalue weighted by Crippen LogP contribution is -2.41. The highest BCUT2D eigenvalue weighted by Crippen LogP contribution is 2.26. The monoisotopic (exact) mass is 398 g/mol. The second-order valence-electron chi connectivity index (χ2n) is 6.08. The Morgan fingerprint density at radius 3 is 2.59 bits per heavy atom. The molecule has 1 aliphatic heterocycles. The first-order valence-electron chi connectivity index (χ1n) is 7.55. The van der Waals surface area contributed by atoms with Crippen LogP contribution >= 0.6 is 11.6 Å². The van der Waals surface area contributed by atoms with Crippen LogP contribution in [0.2, 0.25) is 5.02 Å². The van der Waals surface area contributed by atoms with Gasteiger partial charge in [-0.05, 0) is 19.9 Å². The number of nitrogens with zero attached hydrogens (tertiary/aromatic N) is 2. The molecule has 12 heteroatoms. The largest absolute Gasteiger partial charge is 0.454 e. The lowest BCUT2D eigenvalue weighted by atomic mass is 10.1. The predicted molar refractivity (Wildman–Crippen MR) is 92.0 cm³/mol. The Labute approximate surface area is 157 Å². The van der Waals surface area contributed by atoms with Crippen molar-refractivity contribution in [1.29, 1.82) is 0 Å². The van der Waals surface area contributed by atoms with E-state index >= 15 is 0 Å². The number of halogens is 1. The molecule has 0 bridgehead atoms. The Bertz CT molecular complexity index is 839. The molecule has 1 aromatic rings. The molecule has 0 atom stereocenters. The molecule has 1 heterocycles. The number of amides is 4. The van der Waals surface area contributed by atoms with Crippen LogP contribution in [0.4, 0.5) is 16.2 Å². The van der Waals surface area contributed by atoms with Crippen molar-refractivity contribution in [2.45, 2.75) is 19.4 Å². The van der Waals surface area contributed by atoms with E-state index < -0.39 is 47.4 Å². The molecule has 27 heavy (non-hydrogen) atoms. The third-order valence-corrected chi connectivity index (χ3v) is 3.86. The number of nitro groups is 1. The minimum absolute atomic E-state index is 0.0252. The number of imide groups is 1. The second-order valence-corrected chi connectivity index (χ2v) is 6.48. The number of nitrogens with one attached hydrogen (secondary N) is 2. The fraction of sp³-hybridized carbons (Fsp3) is 0.333. The Morgan fingerprint density at radius 2 is 2.04 bits per heavy atom. The Morgan fingerprint density at radius 1 is 1.37 bits per heavy atom. The molecule has 11 nitrogen and oxygen atoms in total. The number of carbonyl (C=O) groups excluding carboxylic acids is 4. The third kappa shape index (κ3) is 4.70. The minimum atomic E-state index is -1.13. The fourth-order valence-corrected chi connectivity index (χ4v) is 2.36. The van der Waals surface area contributed by atoms with Crippen LogP contribution in [0.1, 0.15) is 13.8 Å². The van der Waals surface area contributed by atoms with E-state index in [1.165, 1.54) is 19.9 Å². The van der Waals surface area contributed by atoms with Crippen molar-refractivity contribution in [3.8, 4) is 0 Å². The molecule has 0 aromatic heterocycles. The molecule has 2 rings (SSSR count). The quantitative estimate of drug-likeness (QED) is 0.315. The van der Waals surface area contributed by atoms with Gasteiger partial charge in [0.2, 0.25) is 0 Å². The zero-order chi connectivity index (χ0) is 20.4. The first-order valence-corrected chi connectivity index (χ1v) is 7.92. The average Bonchev–Trinajstić information content (AvgIpc) is 2.76. The SMILES string of the molecule is CC1(C)NC(=O)N(CC(=O)OCC(=O)Nc2cc([N+](=O)[O-])ccc2Cl)C1=O. The number of ether oxygens (including phenoxy) is 1. The van der Waals surface area contributed by atoms with Crippen molar-refractivity contribution in [1.82, 2.24) is 10.2 Å². The number of carbonyl (C=O) groups is 4. The summed E-state index contributed by atoms with van der Waals surface area (Å²) in [5, 5.41) is 15.5. The van der Waals surface area contributed by atoms with Gasteiger partial charge in [0.05, 0.1) is 15.6 Å². The molecule has 0 spiro atoms. The van der Waals surface area contributed by atoms with Crippen LogP contribution in [0, 0.1) is 10.1 Å². The summed E-state index contributed by atoms with van der Waals surface area (Å²) in [4.78, 5) is 58.0. The molecule has 1 aromatic carbocycles. The van der Waals surface area contributed by atoms with E-state index in [0.717, 1.165) is 12.1 Å². The third-order valence-electron chi connectivity index (χ3n) is 3.53. The van der Waals surface area contributed by atoms with E-state index in [4.69, 9.17) is 16.3 Å². The number of rotatable bonds is 6. The van der Waals surface area contributed by atoms with Gasteiger partial charge in [0.15, 0.2) is 6.61 Å². The molecule has 1 saturated heterocycles. The summed E-state index contributed by atoms with van der Waals surface area (Å²) in [5.41, 5.74) is -1.44. The van der Waals surface area contributed by atoms with Gasteiger partial charge in [0.25, 0.3) is 17.5 Å². The van der Waals surface area contributed by atoms with Crippen molar-refractivity contribution >= 4 is 46.8 Å². The zero-order valence-electron chi connectivity index (χ0n) is 14.3. The van der Waals surface area contributed by atoms with Gasteiger partial charge in [-0.25, -0.2) is 4.79 Å². The van der Waals surface area contributed by atoms with Crippen molar-refractivity contribution in [3.63, 3.8) is 0 Å². The van der Waals surface area contributed by atoms with E-state index in [2.05, 4.69) is 10.6 Å². The lowest BCUT2D eigenvalue weighted by molar-refractivity contribution is -0.384. The van der Waals surface area contributed by atoms with Crippen molar-refractivity contribution in [2.75, 3.05) is 18.5 Å². The molecule has 144 valence electrons. The number of hydrogen-bond donors (Lipinski definition) is 2. The maximum Gasteiger partial charge on any atom is 0.326 e. The highest BCUT2D eigenvalue weighted by molar-refractivity contribution is 6.33. The summed E-state index contributed by atoms with van der Waals surface area (Å²) >= 11 is 5.85. The Kier molecular flexibility index (Phi) is 5.64. The van der Waals surface area contributed by atoms with Crippen LogP contribution in [0.15, 0.2) is 18.2 Å². The summed E-state index contributed by atoms with van der Waals surface area (Å²) < 4.78 is 4.72. The number of esters is 1. The number of benzene rings is 1. The topological polar surface area (TPSA) is 148 Å². The van der Waals surface area contributed by atoms with Crippen molar-refractivity contribution in [2.24, 2.45) is 0 Å². The van der Waals surface area contributed by atoms with E-state index in [0.29, 0.717) is 4.90 Å². The lowest BCUT2D eigenvalue weighted by Gasteiger charge is -2.15. The van der Waals surface area contributed by atoms with Crippen molar-refractivity contribution in [3.05, 3.63) is 33.3 Å². The normalized spacial score (nSPS) is 15.3. The second kappa shape index (κ2) is 7.58. The van der Waals surface area contributed by atoms with Crippen LogP contribution in [-0.2, 0) is 19.1 Å². The summed E-state index contributed by atoms with van der Waals surface area (Å²) in [6.45, 7) is 1.58. The van der Waals surface area contributed by atoms with Crippen LogP contribution in [0.25, 0.3) is 0 Å². The maximum absolute atomic E-state index is 12.0. The number of urea groups is 1. The van der Waals surface area contributed by atoms with Gasteiger partial charge in [-0.15, -0.1) is 0 Å². The van der Waals surface area contributed by atoms with E-state index in [1.807, 2.05) is 0 Å². The smallest absolute Gasteiger partial charge is 0.326 e. The van der Waals surface area contributed by atoms with Gasteiger partial charge in [-0.1, -0.05) is 11.6 Å². The van der Waals surface area contributed by atoms with Gasteiger partial charge in [0.1, 0.15) is 12.1 Å². The van der Waals surface area contributed by atoms with Crippen LogP contribution < -0.4 is 10.6 Å². The standard InChI is InChI=1S/C15H15ClN4O7/c1-15(2)13(23)19(14(24)18-15)6-12(22)27-7-11(21)17-10-5-8(20(25)26)3-4-9(10)16/h3-5H,6-7H2,1-2H3,(H,17,21)(H,18,24). The maximum atomic E-state index is 12.0. The fourth-order valence-electron chi connectivity index (χ4n) is 2.19. The molecule has 1 fully saturated rings. The minimum Gasteiger partial charge on any atom is -0.454 e. The summed E-state index contributed by atoms with van der Waals surface area (Å²) in [5.74, 6) is -2.38. The molecule has 0 unspecified atom stereocenters. The highest BCUT2D eigenvalue weighted by atomic mass is 35.5. The first-order chi connectivity index (χ1) is 12.5. The van der Waals surface area contributed by atoms with Crippen LogP contribution in [-0.4, -0.2) is 52.3 Å². The zero-order valence-corrected chi connectivity index (χ0v) is 15.0. The summed E-state index contributed by atoms with van der Waals surface area (Å²) in [7, 11) is 0. The number of non-ortho nitro benzene ring substituents is 1. The Balaban J connectivity index is 1.90. The highest BCUT2D eigenvalue weighted by Gasteiger charge is 2.45. The number of hydrogen-bond acceptors (Lipinski definition) is 7.